The van der Waals surface area contributed by atoms with Crippen molar-refractivity contribution in [2.24, 2.45) is 7.05 Å². The van der Waals surface area contributed by atoms with Gasteiger partial charge >= 0.3 is 0 Å². The second-order valence-corrected chi connectivity index (χ2v) is 5.36. The molecule has 0 fully saturated rings. The van der Waals surface area contributed by atoms with Gasteiger partial charge < -0.3 is 5.11 Å². The van der Waals surface area contributed by atoms with E-state index in [1.54, 1.807) is 11.7 Å². The first kappa shape index (κ1) is 13.2. The van der Waals surface area contributed by atoms with Gasteiger partial charge in [-0.25, -0.2) is 4.68 Å². The predicted octanol–water partition coefficient (Wildman–Crippen LogP) is 2.78. The molecule has 0 saturated heterocycles. The molecular formula is C13H16BrN3O. The number of benzene rings is 1. The van der Waals surface area contributed by atoms with E-state index in [1.165, 1.54) is 5.56 Å². The van der Waals surface area contributed by atoms with Crippen LogP contribution in [0.15, 0.2) is 28.9 Å². The van der Waals surface area contributed by atoms with Crippen LogP contribution < -0.4 is 0 Å². The number of hydrogen-bond donors (Lipinski definition) is 1. The molecule has 0 aliphatic heterocycles. The monoisotopic (exact) mass is 309 g/mol. The molecule has 0 spiro atoms. The molecule has 1 N–H and O–H groups in total. The lowest BCUT2D eigenvalue weighted by molar-refractivity contribution is 0.209. The highest BCUT2D eigenvalue weighted by Crippen LogP contribution is 2.27. The van der Waals surface area contributed by atoms with Crippen molar-refractivity contribution in [1.29, 1.82) is 0 Å². The molecule has 0 saturated carbocycles. The first-order chi connectivity index (χ1) is 8.50. The van der Waals surface area contributed by atoms with Crippen molar-refractivity contribution < 1.29 is 5.11 Å². The largest absolute Gasteiger partial charge is 0.382 e. The zero-order valence-corrected chi connectivity index (χ0v) is 12.2. The molecule has 1 atom stereocenters. The molecule has 1 aromatic carbocycles. The van der Waals surface area contributed by atoms with Crippen molar-refractivity contribution in [3.63, 3.8) is 0 Å². The molecule has 0 aliphatic carbocycles. The molecule has 18 heavy (non-hydrogen) atoms. The quantitative estimate of drug-likeness (QED) is 0.948. The Morgan fingerprint density at radius 3 is 2.17 bits per heavy atom. The van der Waals surface area contributed by atoms with Crippen molar-refractivity contribution in [3.05, 3.63) is 45.7 Å². The van der Waals surface area contributed by atoms with Crippen LogP contribution in [0.4, 0.5) is 0 Å². The Morgan fingerprint density at radius 1 is 1.17 bits per heavy atom. The molecule has 1 aromatic heterocycles. The molecule has 96 valence electrons. The van der Waals surface area contributed by atoms with Gasteiger partial charge in [-0.05, 0) is 33.0 Å². The van der Waals surface area contributed by atoms with Gasteiger partial charge in [-0.1, -0.05) is 43.3 Å². The third-order valence-corrected chi connectivity index (χ3v) is 3.57. The topological polar surface area (TPSA) is 50.9 Å². The Kier molecular flexibility index (Phi) is 3.82. The Balaban J connectivity index is 2.32. The maximum atomic E-state index is 10.3. The zero-order chi connectivity index (χ0) is 13.3. The molecule has 2 aromatic rings. The molecule has 0 amide bonds. The van der Waals surface area contributed by atoms with Crippen LogP contribution in [0.25, 0.3) is 0 Å². The van der Waals surface area contributed by atoms with Crippen LogP contribution in [0, 0.1) is 0 Å². The minimum absolute atomic E-state index is 0.487. The molecule has 1 unspecified atom stereocenters. The fourth-order valence-corrected chi connectivity index (χ4v) is 2.39. The van der Waals surface area contributed by atoms with E-state index in [9.17, 15) is 5.11 Å². The van der Waals surface area contributed by atoms with E-state index in [1.807, 2.05) is 24.3 Å². The molecule has 0 aliphatic rings. The maximum Gasteiger partial charge on any atom is 0.154 e. The average molecular weight is 310 g/mol. The number of aromatic nitrogens is 3. The fourth-order valence-electron chi connectivity index (χ4n) is 1.85. The number of rotatable bonds is 3. The van der Waals surface area contributed by atoms with Crippen molar-refractivity contribution in [3.8, 4) is 0 Å². The molecule has 5 heteroatoms. The van der Waals surface area contributed by atoms with Gasteiger partial charge in [0.2, 0.25) is 0 Å². The maximum absolute atomic E-state index is 10.3. The van der Waals surface area contributed by atoms with Gasteiger partial charge in [0.15, 0.2) is 4.60 Å². The van der Waals surface area contributed by atoms with Gasteiger partial charge in [0.25, 0.3) is 0 Å². The lowest BCUT2D eigenvalue weighted by atomic mass is 9.99. The summed E-state index contributed by atoms with van der Waals surface area (Å²) in [5.41, 5.74) is 2.76. The molecule has 2 rings (SSSR count). The van der Waals surface area contributed by atoms with E-state index in [2.05, 4.69) is 40.1 Å². The Bertz CT molecular complexity index is 514. The van der Waals surface area contributed by atoms with E-state index in [-0.39, 0.29) is 0 Å². The summed E-state index contributed by atoms with van der Waals surface area (Å²) in [7, 11) is 1.76. The highest BCUT2D eigenvalue weighted by molar-refractivity contribution is 9.10. The van der Waals surface area contributed by atoms with Gasteiger partial charge in [0, 0.05) is 7.05 Å². The summed E-state index contributed by atoms with van der Waals surface area (Å²) in [6, 6.07) is 7.97. The molecular weight excluding hydrogens is 294 g/mol. The second kappa shape index (κ2) is 5.20. The van der Waals surface area contributed by atoms with E-state index in [0.717, 1.165) is 5.56 Å². The summed E-state index contributed by atoms with van der Waals surface area (Å²) in [6.07, 6.45) is -0.722. The van der Waals surface area contributed by atoms with Crippen LogP contribution in [0.2, 0.25) is 0 Å². The van der Waals surface area contributed by atoms with Crippen LogP contribution in [0.1, 0.15) is 42.7 Å². The number of aliphatic hydroxyl groups is 1. The number of halogens is 1. The van der Waals surface area contributed by atoms with E-state index in [4.69, 9.17) is 0 Å². The van der Waals surface area contributed by atoms with Gasteiger partial charge in [0.1, 0.15) is 11.8 Å². The molecule has 4 nitrogen and oxygen atoms in total. The summed E-state index contributed by atoms with van der Waals surface area (Å²) in [5.74, 6) is 0.487. The zero-order valence-electron chi connectivity index (χ0n) is 10.6. The third kappa shape index (κ3) is 2.47. The lowest BCUT2D eigenvalue weighted by Crippen LogP contribution is -2.07. The van der Waals surface area contributed by atoms with Crippen LogP contribution in [-0.4, -0.2) is 20.1 Å². The fraction of sp³-hybridized carbons (Fsp3) is 0.385. The van der Waals surface area contributed by atoms with Gasteiger partial charge in [-0.3, -0.25) is 0 Å². The van der Waals surface area contributed by atoms with E-state index >= 15 is 0 Å². The SMILES string of the molecule is CC(C)c1ccc(C(O)c2c(Br)nnn2C)cc1. The lowest BCUT2D eigenvalue weighted by Gasteiger charge is -2.13. The van der Waals surface area contributed by atoms with E-state index in [0.29, 0.717) is 16.2 Å². The highest BCUT2D eigenvalue weighted by Gasteiger charge is 2.19. The van der Waals surface area contributed by atoms with E-state index < -0.39 is 6.10 Å². The third-order valence-electron chi connectivity index (χ3n) is 3.00. The summed E-state index contributed by atoms with van der Waals surface area (Å²) < 4.78 is 2.15. The van der Waals surface area contributed by atoms with Crippen LogP contribution in [-0.2, 0) is 7.05 Å². The predicted molar refractivity (Wildman–Crippen MR) is 73.3 cm³/mol. The number of aryl methyl sites for hydroxylation is 1. The molecule has 1 heterocycles. The van der Waals surface area contributed by atoms with Crippen molar-refractivity contribution in [2.45, 2.75) is 25.9 Å². The molecule has 0 bridgehead atoms. The van der Waals surface area contributed by atoms with Crippen LogP contribution in [0.5, 0.6) is 0 Å². The van der Waals surface area contributed by atoms with Crippen molar-refractivity contribution in [1.82, 2.24) is 15.0 Å². The number of nitrogens with zero attached hydrogens (tertiary/aromatic N) is 3. The van der Waals surface area contributed by atoms with Crippen LogP contribution >= 0.6 is 15.9 Å². The number of aliphatic hydroxyl groups excluding tert-OH is 1. The molecule has 0 radical (unpaired) electrons. The Labute approximate surface area is 115 Å². The summed E-state index contributed by atoms with van der Waals surface area (Å²) >= 11 is 3.30. The summed E-state index contributed by atoms with van der Waals surface area (Å²) in [6.45, 7) is 4.29. The Morgan fingerprint density at radius 2 is 1.72 bits per heavy atom. The van der Waals surface area contributed by atoms with Crippen molar-refractivity contribution >= 4 is 15.9 Å². The van der Waals surface area contributed by atoms with Gasteiger partial charge in [-0.15, -0.1) is 5.10 Å². The van der Waals surface area contributed by atoms with Crippen molar-refractivity contribution in [2.75, 3.05) is 0 Å². The standard InChI is InChI=1S/C13H16BrN3O/c1-8(2)9-4-6-10(7-5-9)12(18)11-13(14)15-16-17(11)3/h4-8,12,18H,1-3H3. The van der Waals surface area contributed by atoms with Crippen LogP contribution in [0.3, 0.4) is 0 Å². The normalized spacial score (nSPS) is 13.0. The average Bonchev–Trinajstić information content (AvgIpc) is 2.68. The summed E-state index contributed by atoms with van der Waals surface area (Å²) in [5, 5.41) is 18.1. The number of hydrogen-bond acceptors (Lipinski definition) is 3. The highest BCUT2D eigenvalue weighted by atomic mass is 79.9. The smallest absolute Gasteiger partial charge is 0.154 e. The first-order valence-corrected chi connectivity index (χ1v) is 6.63. The van der Waals surface area contributed by atoms with Gasteiger partial charge in [0.05, 0.1) is 0 Å². The minimum Gasteiger partial charge on any atom is -0.382 e. The second-order valence-electron chi connectivity index (χ2n) is 4.61. The first-order valence-electron chi connectivity index (χ1n) is 5.83. The minimum atomic E-state index is -0.722. The Hall–Kier alpha value is -1.20. The van der Waals surface area contributed by atoms with Gasteiger partial charge in [-0.2, -0.15) is 0 Å². The summed E-state index contributed by atoms with van der Waals surface area (Å²) in [4.78, 5) is 0.